The van der Waals surface area contributed by atoms with Crippen molar-refractivity contribution >= 4 is 16.6 Å². The van der Waals surface area contributed by atoms with Crippen LogP contribution in [0.5, 0.6) is 0 Å². The topological polar surface area (TPSA) is 51.8 Å². The summed E-state index contributed by atoms with van der Waals surface area (Å²) in [6, 6.07) is 14.4. The van der Waals surface area contributed by atoms with Gasteiger partial charge in [-0.25, -0.2) is 9.97 Å². The molecule has 3 aromatic rings. The molecule has 2 aromatic carbocycles. The minimum Gasteiger partial charge on any atom is -0.382 e. The molecule has 0 atom stereocenters. The van der Waals surface area contributed by atoms with E-state index in [-0.39, 0.29) is 0 Å². The van der Waals surface area contributed by atoms with Gasteiger partial charge in [-0.2, -0.15) is 0 Å². The fraction of sp³-hybridized carbons (Fsp3) is 0.125. The Kier molecular flexibility index (Phi) is 2.67. The molecule has 0 saturated carbocycles. The molecule has 3 nitrogen and oxygen atoms in total. The van der Waals surface area contributed by atoms with Crippen molar-refractivity contribution in [2.45, 2.75) is 13.8 Å². The summed E-state index contributed by atoms with van der Waals surface area (Å²) in [7, 11) is 0. The lowest BCUT2D eigenvalue weighted by Gasteiger charge is -2.10. The molecular formula is C16H15N3. The van der Waals surface area contributed by atoms with Gasteiger partial charge in [-0.15, -0.1) is 0 Å². The molecule has 2 N–H and O–H groups in total. The first-order valence-corrected chi connectivity index (χ1v) is 6.25. The maximum Gasteiger partial charge on any atom is 0.150 e. The lowest BCUT2D eigenvalue weighted by atomic mass is 10.0. The van der Waals surface area contributed by atoms with Crippen molar-refractivity contribution in [3.8, 4) is 11.3 Å². The van der Waals surface area contributed by atoms with Crippen LogP contribution >= 0.6 is 0 Å². The maximum absolute atomic E-state index is 6.04. The number of aromatic nitrogens is 2. The summed E-state index contributed by atoms with van der Waals surface area (Å²) in [6.07, 6.45) is 0. The largest absolute Gasteiger partial charge is 0.382 e. The Morgan fingerprint density at radius 3 is 2.37 bits per heavy atom. The zero-order valence-corrected chi connectivity index (χ0v) is 11.0. The van der Waals surface area contributed by atoms with E-state index < -0.39 is 0 Å². The molecular weight excluding hydrogens is 234 g/mol. The molecule has 0 bridgehead atoms. The molecule has 3 heteroatoms. The second-order valence-corrected chi connectivity index (χ2v) is 4.65. The van der Waals surface area contributed by atoms with Gasteiger partial charge in [0.05, 0.1) is 11.4 Å². The van der Waals surface area contributed by atoms with Gasteiger partial charge >= 0.3 is 0 Å². The van der Waals surface area contributed by atoms with E-state index in [9.17, 15) is 0 Å². The van der Waals surface area contributed by atoms with Gasteiger partial charge in [-0.05, 0) is 24.6 Å². The van der Waals surface area contributed by atoms with Crippen LogP contribution < -0.4 is 5.73 Å². The summed E-state index contributed by atoms with van der Waals surface area (Å²) >= 11 is 0. The van der Waals surface area contributed by atoms with Crippen LogP contribution in [0.25, 0.3) is 22.0 Å². The van der Waals surface area contributed by atoms with Crippen LogP contribution in [0.2, 0.25) is 0 Å². The van der Waals surface area contributed by atoms with Crippen LogP contribution in [0.1, 0.15) is 11.4 Å². The Bertz CT molecular complexity index is 758. The summed E-state index contributed by atoms with van der Waals surface area (Å²) in [4.78, 5) is 8.98. The quantitative estimate of drug-likeness (QED) is 0.718. The molecule has 94 valence electrons. The predicted molar refractivity (Wildman–Crippen MR) is 78.9 cm³/mol. The van der Waals surface area contributed by atoms with E-state index in [1.54, 1.807) is 0 Å². The van der Waals surface area contributed by atoms with E-state index in [0.717, 1.165) is 28.0 Å². The molecule has 0 aliphatic rings. The van der Waals surface area contributed by atoms with E-state index >= 15 is 0 Å². The number of rotatable bonds is 1. The minimum atomic E-state index is 0.486. The first-order chi connectivity index (χ1) is 9.16. The predicted octanol–water partition coefficient (Wildman–Crippen LogP) is 3.50. The molecule has 1 aromatic heterocycles. The van der Waals surface area contributed by atoms with Gasteiger partial charge < -0.3 is 5.73 Å². The average molecular weight is 249 g/mol. The molecule has 1 heterocycles. The fourth-order valence-electron chi connectivity index (χ4n) is 2.25. The summed E-state index contributed by atoms with van der Waals surface area (Å²) < 4.78 is 0. The molecule has 3 rings (SSSR count). The van der Waals surface area contributed by atoms with Gasteiger partial charge in [0, 0.05) is 5.56 Å². The molecule has 0 unspecified atom stereocenters. The van der Waals surface area contributed by atoms with Crippen LogP contribution in [-0.4, -0.2) is 9.97 Å². The number of nitrogen functional groups attached to an aromatic ring is 1. The van der Waals surface area contributed by atoms with Crippen molar-refractivity contribution < 1.29 is 0 Å². The second-order valence-electron chi connectivity index (χ2n) is 4.65. The van der Waals surface area contributed by atoms with Crippen molar-refractivity contribution in [1.82, 2.24) is 9.97 Å². The van der Waals surface area contributed by atoms with Gasteiger partial charge in [0.15, 0.2) is 0 Å². The first kappa shape index (κ1) is 11.7. The van der Waals surface area contributed by atoms with Crippen LogP contribution in [0, 0.1) is 13.8 Å². The van der Waals surface area contributed by atoms with E-state index in [0.29, 0.717) is 5.82 Å². The number of benzene rings is 2. The van der Waals surface area contributed by atoms with Gasteiger partial charge in [0.25, 0.3) is 0 Å². The van der Waals surface area contributed by atoms with Crippen LogP contribution in [0.4, 0.5) is 5.82 Å². The molecule has 0 aliphatic carbocycles. The van der Waals surface area contributed by atoms with Crippen molar-refractivity contribution in [2.75, 3.05) is 5.73 Å². The molecule has 0 aliphatic heterocycles. The van der Waals surface area contributed by atoms with Crippen LogP contribution in [0.3, 0.4) is 0 Å². The highest BCUT2D eigenvalue weighted by Gasteiger charge is 2.11. The monoisotopic (exact) mass is 249 g/mol. The van der Waals surface area contributed by atoms with E-state index in [1.165, 1.54) is 5.39 Å². The van der Waals surface area contributed by atoms with E-state index in [1.807, 2.05) is 38.1 Å². The standard InChI is InChI=1S/C16H15N3/c1-10-11(2)19-16(17)15(18-10)14-9-5-7-12-6-3-4-8-13(12)14/h3-9H,1-2H3,(H2,17,19). The van der Waals surface area contributed by atoms with E-state index in [2.05, 4.69) is 28.2 Å². The first-order valence-electron chi connectivity index (χ1n) is 6.25. The van der Waals surface area contributed by atoms with E-state index in [4.69, 9.17) is 5.73 Å². The Labute approximate surface area is 112 Å². The molecule has 0 spiro atoms. The summed E-state index contributed by atoms with van der Waals surface area (Å²) in [6.45, 7) is 3.88. The van der Waals surface area contributed by atoms with Crippen LogP contribution in [0.15, 0.2) is 42.5 Å². The van der Waals surface area contributed by atoms with Gasteiger partial charge in [-0.1, -0.05) is 42.5 Å². The fourth-order valence-corrected chi connectivity index (χ4v) is 2.25. The highest BCUT2D eigenvalue weighted by Crippen LogP contribution is 2.30. The molecule has 0 amide bonds. The molecule has 0 saturated heterocycles. The normalized spacial score (nSPS) is 10.8. The van der Waals surface area contributed by atoms with Crippen molar-refractivity contribution in [3.63, 3.8) is 0 Å². The van der Waals surface area contributed by atoms with Gasteiger partial charge in [0.2, 0.25) is 0 Å². The Morgan fingerprint density at radius 2 is 1.53 bits per heavy atom. The number of hydrogen-bond acceptors (Lipinski definition) is 3. The zero-order chi connectivity index (χ0) is 13.4. The Morgan fingerprint density at radius 1 is 0.842 bits per heavy atom. The highest BCUT2D eigenvalue weighted by molar-refractivity contribution is 5.97. The molecule has 0 radical (unpaired) electrons. The van der Waals surface area contributed by atoms with Crippen molar-refractivity contribution in [1.29, 1.82) is 0 Å². The third-order valence-electron chi connectivity index (χ3n) is 3.38. The number of nitrogens with two attached hydrogens (primary N) is 1. The summed E-state index contributed by atoms with van der Waals surface area (Å²) in [5.41, 5.74) is 9.63. The maximum atomic E-state index is 6.04. The number of aryl methyl sites for hydroxylation is 2. The van der Waals surface area contributed by atoms with Gasteiger partial charge in [-0.3, -0.25) is 0 Å². The molecule has 19 heavy (non-hydrogen) atoms. The van der Waals surface area contributed by atoms with Crippen molar-refractivity contribution in [3.05, 3.63) is 53.9 Å². The summed E-state index contributed by atoms with van der Waals surface area (Å²) in [5.74, 6) is 0.486. The zero-order valence-electron chi connectivity index (χ0n) is 11.0. The third-order valence-corrected chi connectivity index (χ3v) is 3.38. The lowest BCUT2D eigenvalue weighted by molar-refractivity contribution is 1.06. The third kappa shape index (κ3) is 1.93. The van der Waals surface area contributed by atoms with Crippen molar-refractivity contribution in [2.24, 2.45) is 0 Å². The smallest absolute Gasteiger partial charge is 0.150 e. The lowest BCUT2D eigenvalue weighted by Crippen LogP contribution is -2.02. The minimum absolute atomic E-state index is 0.486. The number of nitrogens with zero attached hydrogens (tertiary/aromatic N) is 2. The summed E-state index contributed by atoms with van der Waals surface area (Å²) in [5, 5.41) is 2.33. The SMILES string of the molecule is Cc1nc(N)c(-c2cccc3ccccc23)nc1C. The number of anilines is 1. The highest BCUT2D eigenvalue weighted by atomic mass is 14.9. The second kappa shape index (κ2) is 4.35. The Hall–Kier alpha value is -2.42. The molecule has 0 fully saturated rings. The van der Waals surface area contributed by atoms with Gasteiger partial charge in [0.1, 0.15) is 11.5 Å². The Balaban J connectivity index is 2.33. The van der Waals surface area contributed by atoms with Crippen LogP contribution in [-0.2, 0) is 0 Å². The average Bonchev–Trinajstić information content (AvgIpc) is 2.42. The number of hydrogen-bond donors (Lipinski definition) is 1. The number of fused-ring (bicyclic) bond motifs is 1.